The van der Waals surface area contributed by atoms with Crippen molar-refractivity contribution in [3.8, 4) is 16.9 Å². The lowest BCUT2D eigenvalue weighted by Crippen LogP contribution is -2.04. The molecule has 1 aromatic heterocycles. The second-order valence-corrected chi connectivity index (χ2v) is 6.15. The molecule has 0 amide bonds. The van der Waals surface area contributed by atoms with Crippen LogP contribution in [0.4, 0.5) is 5.82 Å². The van der Waals surface area contributed by atoms with Crippen LogP contribution in [0.1, 0.15) is 39.3 Å². The summed E-state index contributed by atoms with van der Waals surface area (Å²) in [6.07, 6.45) is 0. The van der Waals surface area contributed by atoms with Crippen molar-refractivity contribution in [2.24, 2.45) is 13.0 Å². The quantitative estimate of drug-likeness (QED) is 0.909. The Morgan fingerprint density at radius 3 is 2.29 bits per heavy atom. The minimum atomic E-state index is 0.334. The summed E-state index contributed by atoms with van der Waals surface area (Å²) in [6, 6.07) is 8.09. The molecular weight excluding hydrogens is 262 g/mol. The van der Waals surface area contributed by atoms with Crippen LogP contribution in [0.2, 0.25) is 0 Å². The summed E-state index contributed by atoms with van der Waals surface area (Å²) in [5.41, 5.74) is 9.33. The van der Waals surface area contributed by atoms with Gasteiger partial charge in [0.25, 0.3) is 0 Å². The van der Waals surface area contributed by atoms with Crippen LogP contribution in [0.15, 0.2) is 24.3 Å². The molecule has 4 nitrogen and oxygen atoms in total. The number of nitrogens with zero attached hydrogens (tertiary/aromatic N) is 2. The number of ether oxygens (including phenoxy) is 1. The van der Waals surface area contributed by atoms with Crippen molar-refractivity contribution >= 4 is 5.82 Å². The van der Waals surface area contributed by atoms with Gasteiger partial charge in [-0.25, -0.2) is 0 Å². The first-order chi connectivity index (χ1) is 9.90. The maximum Gasteiger partial charge on any atom is 0.129 e. The van der Waals surface area contributed by atoms with Crippen LogP contribution < -0.4 is 10.5 Å². The van der Waals surface area contributed by atoms with Gasteiger partial charge in [-0.15, -0.1) is 0 Å². The van der Waals surface area contributed by atoms with Crippen molar-refractivity contribution in [3.05, 3.63) is 30.0 Å². The Bertz CT molecular complexity index is 597. The highest BCUT2D eigenvalue weighted by Crippen LogP contribution is 2.34. The highest BCUT2D eigenvalue weighted by molar-refractivity contribution is 5.77. The summed E-state index contributed by atoms with van der Waals surface area (Å²) in [4.78, 5) is 0. The standard InChI is InChI=1S/C17H25N3O/c1-11(2)10-21-14-8-6-13(7-9-14)15-16(12(3)4)19-20(5)17(15)18/h6-9,11-12H,10,18H2,1-5H3. The van der Waals surface area contributed by atoms with Crippen LogP contribution in [0.3, 0.4) is 0 Å². The topological polar surface area (TPSA) is 53.1 Å². The van der Waals surface area contributed by atoms with Gasteiger partial charge in [0.2, 0.25) is 0 Å². The van der Waals surface area contributed by atoms with Crippen molar-refractivity contribution in [2.75, 3.05) is 12.3 Å². The normalized spacial score (nSPS) is 11.4. The molecule has 0 spiro atoms. The van der Waals surface area contributed by atoms with E-state index in [4.69, 9.17) is 10.5 Å². The van der Waals surface area contributed by atoms with Crippen LogP contribution in [-0.4, -0.2) is 16.4 Å². The number of benzene rings is 1. The van der Waals surface area contributed by atoms with E-state index in [1.165, 1.54) is 0 Å². The summed E-state index contributed by atoms with van der Waals surface area (Å²) in [7, 11) is 1.88. The number of nitrogens with two attached hydrogens (primary N) is 1. The first-order valence-electron chi connectivity index (χ1n) is 7.45. The molecule has 21 heavy (non-hydrogen) atoms. The zero-order chi connectivity index (χ0) is 15.6. The SMILES string of the molecule is CC(C)COc1ccc(-c2c(C(C)C)nn(C)c2N)cc1. The van der Waals surface area contributed by atoms with Crippen LogP contribution in [-0.2, 0) is 7.05 Å². The highest BCUT2D eigenvalue weighted by Gasteiger charge is 2.18. The third-order valence-corrected chi connectivity index (χ3v) is 3.39. The largest absolute Gasteiger partial charge is 0.493 e. The lowest BCUT2D eigenvalue weighted by molar-refractivity contribution is 0.271. The molecule has 0 atom stereocenters. The number of anilines is 1. The van der Waals surface area contributed by atoms with Gasteiger partial charge in [0.05, 0.1) is 12.3 Å². The molecule has 2 rings (SSSR count). The molecule has 0 aliphatic carbocycles. The molecule has 0 aliphatic rings. The molecule has 0 fully saturated rings. The molecule has 2 aromatic rings. The monoisotopic (exact) mass is 287 g/mol. The maximum absolute atomic E-state index is 6.18. The zero-order valence-corrected chi connectivity index (χ0v) is 13.6. The third kappa shape index (κ3) is 3.38. The molecule has 0 aliphatic heterocycles. The van der Waals surface area contributed by atoms with Crippen molar-refractivity contribution in [1.29, 1.82) is 0 Å². The number of rotatable bonds is 5. The van der Waals surface area contributed by atoms with Gasteiger partial charge >= 0.3 is 0 Å². The second-order valence-electron chi connectivity index (χ2n) is 6.15. The lowest BCUT2D eigenvalue weighted by atomic mass is 9.99. The molecule has 0 bridgehead atoms. The Kier molecular flexibility index (Phi) is 4.56. The van der Waals surface area contributed by atoms with Gasteiger partial charge in [0.1, 0.15) is 11.6 Å². The molecule has 1 aromatic carbocycles. The molecule has 0 saturated heterocycles. The van der Waals surface area contributed by atoms with Gasteiger partial charge in [-0.2, -0.15) is 5.10 Å². The summed E-state index contributed by atoms with van der Waals surface area (Å²) >= 11 is 0. The zero-order valence-electron chi connectivity index (χ0n) is 13.6. The summed E-state index contributed by atoms with van der Waals surface area (Å²) in [5, 5.41) is 4.53. The maximum atomic E-state index is 6.18. The van der Waals surface area contributed by atoms with Gasteiger partial charge in [0.15, 0.2) is 0 Å². The Labute approximate surface area is 126 Å². The molecule has 0 unspecified atom stereocenters. The summed E-state index contributed by atoms with van der Waals surface area (Å²) < 4.78 is 7.46. The number of hydrogen-bond acceptors (Lipinski definition) is 3. The van der Waals surface area contributed by atoms with Crippen molar-refractivity contribution in [3.63, 3.8) is 0 Å². The van der Waals surface area contributed by atoms with Gasteiger partial charge in [0, 0.05) is 12.6 Å². The average molecular weight is 287 g/mol. The smallest absolute Gasteiger partial charge is 0.129 e. The minimum absolute atomic E-state index is 0.334. The van der Waals surface area contributed by atoms with E-state index in [1.54, 1.807) is 4.68 Å². The minimum Gasteiger partial charge on any atom is -0.493 e. The lowest BCUT2D eigenvalue weighted by Gasteiger charge is -2.10. The molecule has 1 heterocycles. The Hall–Kier alpha value is -1.97. The van der Waals surface area contributed by atoms with Crippen molar-refractivity contribution in [2.45, 2.75) is 33.6 Å². The summed E-state index contributed by atoms with van der Waals surface area (Å²) in [5.74, 6) is 2.45. The third-order valence-electron chi connectivity index (χ3n) is 3.39. The van der Waals surface area contributed by atoms with E-state index in [2.05, 4.69) is 44.9 Å². The van der Waals surface area contributed by atoms with Crippen LogP contribution in [0.25, 0.3) is 11.1 Å². The Balaban J connectivity index is 2.30. The molecule has 0 radical (unpaired) electrons. The fourth-order valence-corrected chi connectivity index (χ4v) is 2.24. The van der Waals surface area contributed by atoms with Gasteiger partial charge in [-0.1, -0.05) is 39.8 Å². The number of aromatic nitrogens is 2. The predicted octanol–water partition coefficient (Wildman–Crippen LogP) is 3.83. The number of aryl methyl sites for hydroxylation is 1. The first-order valence-corrected chi connectivity index (χ1v) is 7.45. The second kappa shape index (κ2) is 6.20. The fourth-order valence-electron chi connectivity index (χ4n) is 2.24. The Morgan fingerprint density at radius 2 is 1.76 bits per heavy atom. The van der Waals surface area contributed by atoms with E-state index in [0.29, 0.717) is 17.7 Å². The van der Waals surface area contributed by atoms with E-state index in [-0.39, 0.29) is 0 Å². The molecule has 0 saturated carbocycles. The van der Waals surface area contributed by atoms with E-state index in [0.717, 1.165) is 29.2 Å². The predicted molar refractivity (Wildman–Crippen MR) is 87.5 cm³/mol. The molecule has 4 heteroatoms. The van der Waals surface area contributed by atoms with Crippen molar-refractivity contribution < 1.29 is 4.74 Å². The van der Waals surface area contributed by atoms with E-state index in [1.807, 2.05) is 19.2 Å². The van der Waals surface area contributed by atoms with Gasteiger partial charge in [-0.05, 0) is 29.5 Å². The fraction of sp³-hybridized carbons (Fsp3) is 0.471. The average Bonchev–Trinajstić information content (AvgIpc) is 2.74. The van der Waals surface area contributed by atoms with Gasteiger partial charge < -0.3 is 10.5 Å². The van der Waals surface area contributed by atoms with E-state index in [9.17, 15) is 0 Å². The van der Waals surface area contributed by atoms with Crippen LogP contribution in [0.5, 0.6) is 5.75 Å². The number of nitrogen functional groups attached to an aromatic ring is 1. The van der Waals surface area contributed by atoms with E-state index < -0.39 is 0 Å². The van der Waals surface area contributed by atoms with Crippen molar-refractivity contribution in [1.82, 2.24) is 9.78 Å². The molecular formula is C17H25N3O. The highest BCUT2D eigenvalue weighted by atomic mass is 16.5. The van der Waals surface area contributed by atoms with Crippen LogP contribution >= 0.6 is 0 Å². The molecule has 114 valence electrons. The van der Waals surface area contributed by atoms with Crippen LogP contribution in [0, 0.1) is 5.92 Å². The van der Waals surface area contributed by atoms with Gasteiger partial charge in [-0.3, -0.25) is 4.68 Å². The van der Waals surface area contributed by atoms with E-state index >= 15 is 0 Å². The first kappa shape index (κ1) is 15.4. The Morgan fingerprint density at radius 1 is 1.14 bits per heavy atom. The number of hydrogen-bond donors (Lipinski definition) is 1. The summed E-state index contributed by atoms with van der Waals surface area (Å²) in [6.45, 7) is 9.27. The molecule has 2 N–H and O–H groups in total.